The van der Waals surface area contributed by atoms with E-state index in [0.717, 1.165) is 5.70 Å². The smallest absolute Gasteiger partial charge is 0.294 e. The van der Waals surface area contributed by atoms with E-state index < -0.39 is 26.5 Å². The zero-order valence-corrected chi connectivity index (χ0v) is 26.8. The highest BCUT2D eigenvalue weighted by molar-refractivity contribution is 7.89. The molecule has 4 rings (SSSR count). The Morgan fingerprint density at radius 2 is 1.74 bits per heavy atom. The van der Waals surface area contributed by atoms with Crippen molar-refractivity contribution >= 4 is 37.3 Å². The predicted octanol–water partition coefficient (Wildman–Crippen LogP) is 5.11. The highest BCUT2D eigenvalue weighted by Gasteiger charge is 2.22. The van der Waals surface area contributed by atoms with E-state index >= 15 is 0 Å². The Morgan fingerprint density at radius 3 is 2.41 bits per heavy atom. The molecule has 2 aliphatic carbocycles. The van der Waals surface area contributed by atoms with Crippen LogP contribution in [0, 0.1) is 0 Å². The molecule has 0 fully saturated rings. The molecule has 0 aromatic heterocycles. The van der Waals surface area contributed by atoms with Crippen molar-refractivity contribution in [3.63, 3.8) is 0 Å². The number of aliphatic hydroxyl groups excluding tert-OH is 1. The van der Waals surface area contributed by atoms with Gasteiger partial charge < -0.3 is 24.8 Å². The first-order valence-electron chi connectivity index (χ1n) is 13.8. The topological polar surface area (TPSA) is 212 Å². The van der Waals surface area contributed by atoms with E-state index in [1.807, 2.05) is 6.08 Å². The number of hydrogen-bond donors (Lipinski definition) is 4. The third kappa shape index (κ3) is 9.30. The highest BCUT2D eigenvalue weighted by Crippen LogP contribution is 2.32. The number of hydrogen-bond acceptors (Lipinski definition) is 13. The summed E-state index contributed by atoms with van der Waals surface area (Å²) in [6, 6.07) is 9.89. The third-order valence-electron chi connectivity index (χ3n) is 6.87. The van der Waals surface area contributed by atoms with Gasteiger partial charge in [-0.15, -0.1) is 0 Å². The van der Waals surface area contributed by atoms with Crippen LogP contribution < -0.4 is 10.1 Å². The monoisotopic (exact) mass is 674 g/mol. The van der Waals surface area contributed by atoms with Crippen LogP contribution >= 0.6 is 0 Å². The van der Waals surface area contributed by atoms with Gasteiger partial charge in [0.05, 0.1) is 65.1 Å². The Bertz CT molecular complexity index is 1850. The van der Waals surface area contributed by atoms with Gasteiger partial charge in [0.2, 0.25) is 0 Å². The number of methoxy groups -OCH3 is 2. The third-order valence-corrected chi connectivity index (χ3v) is 8.70. The molecule has 0 amide bonds. The lowest BCUT2D eigenvalue weighted by Gasteiger charge is -2.29. The second-order valence-corrected chi connectivity index (χ2v) is 13.1. The summed E-state index contributed by atoms with van der Waals surface area (Å²) in [5, 5.41) is 30.4. The molecule has 46 heavy (non-hydrogen) atoms. The maximum Gasteiger partial charge on any atom is 0.294 e. The Morgan fingerprint density at radius 1 is 1.00 bits per heavy atom. The first-order chi connectivity index (χ1) is 21.8. The van der Waals surface area contributed by atoms with E-state index in [0.29, 0.717) is 41.4 Å². The molecule has 2 aliphatic rings. The second kappa shape index (κ2) is 14.8. The molecule has 2 aromatic rings. The normalized spacial score (nSPS) is 18.0. The van der Waals surface area contributed by atoms with Crippen LogP contribution in [-0.4, -0.2) is 76.0 Å². The quantitative estimate of drug-likeness (QED) is 0.125. The Hall–Kier alpha value is -4.42. The minimum atomic E-state index is -4.38. The fourth-order valence-electron chi connectivity index (χ4n) is 4.60. The van der Waals surface area contributed by atoms with E-state index in [4.69, 9.17) is 9.47 Å². The maximum atomic E-state index is 11.4. The summed E-state index contributed by atoms with van der Waals surface area (Å²) in [7, 11) is -3.87. The van der Waals surface area contributed by atoms with Gasteiger partial charge >= 0.3 is 0 Å². The van der Waals surface area contributed by atoms with Gasteiger partial charge in [-0.05, 0) is 55.3 Å². The van der Waals surface area contributed by atoms with Crippen LogP contribution in [0.2, 0.25) is 0 Å². The van der Waals surface area contributed by atoms with Gasteiger partial charge in [-0.1, -0.05) is 18.2 Å². The summed E-state index contributed by atoms with van der Waals surface area (Å²) in [5.74, 6) is 0.987. The Kier molecular flexibility index (Phi) is 11.1. The van der Waals surface area contributed by atoms with Crippen molar-refractivity contribution in [1.29, 1.82) is 0 Å². The summed E-state index contributed by atoms with van der Waals surface area (Å²) in [6.45, 7) is 0.156. The van der Waals surface area contributed by atoms with Gasteiger partial charge in [0.15, 0.2) is 0 Å². The highest BCUT2D eigenvalue weighted by atomic mass is 32.2. The van der Waals surface area contributed by atoms with Gasteiger partial charge in [0.1, 0.15) is 17.7 Å². The van der Waals surface area contributed by atoms with Crippen LogP contribution in [0.5, 0.6) is 5.75 Å². The maximum absolute atomic E-state index is 11.4. The fraction of sp³-hybridized carbons (Fsp3) is 0.310. The molecular formula is C29H34N6O9S2. The Labute approximate surface area is 266 Å². The van der Waals surface area contributed by atoms with Crippen LogP contribution in [0.4, 0.5) is 17.1 Å². The molecule has 15 nitrogen and oxygen atoms in total. The first-order valence-corrected chi connectivity index (χ1v) is 16.7. The molecule has 0 bridgehead atoms. The number of likely N-dealkylation sites (N-methyl/N-ethyl adjacent to an activating group) is 1. The number of benzene rings is 2. The predicted molar refractivity (Wildman–Crippen MR) is 169 cm³/mol. The molecule has 17 heteroatoms. The molecule has 2 aromatic carbocycles. The zero-order valence-electron chi connectivity index (χ0n) is 25.2. The van der Waals surface area contributed by atoms with E-state index in [-0.39, 0.29) is 34.5 Å². The molecule has 2 atom stereocenters. The molecule has 0 spiro atoms. The van der Waals surface area contributed by atoms with Gasteiger partial charge in [-0.25, -0.2) is 0 Å². The summed E-state index contributed by atoms with van der Waals surface area (Å²) in [6.07, 6.45) is 6.65. The number of allylic oxidation sites excluding steroid dienone is 4. The molecule has 2 unspecified atom stereocenters. The summed E-state index contributed by atoms with van der Waals surface area (Å²) >= 11 is 0. The molecular weight excluding hydrogens is 640 g/mol. The first kappa shape index (κ1) is 34.5. The summed E-state index contributed by atoms with van der Waals surface area (Å²) in [5.41, 5.74) is 2.18. The largest absolute Gasteiger partial charge is 0.499 e. The van der Waals surface area contributed by atoms with Crippen LogP contribution in [0.1, 0.15) is 19.3 Å². The second-order valence-electron chi connectivity index (χ2n) is 10.2. The molecule has 0 aliphatic heterocycles. The molecule has 0 radical (unpaired) electrons. The number of nitrogens with one attached hydrogen (secondary N) is 1. The van der Waals surface area contributed by atoms with E-state index in [1.54, 1.807) is 42.3 Å². The summed E-state index contributed by atoms with van der Waals surface area (Å²) < 4.78 is 75.2. The zero-order chi connectivity index (χ0) is 33.5. The minimum absolute atomic E-state index is 0.0991. The average Bonchev–Trinajstić information content (AvgIpc) is 3.02. The lowest BCUT2D eigenvalue weighted by molar-refractivity contribution is 0.159. The molecule has 0 heterocycles. The Balaban J connectivity index is 1.38. The average molecular weight is 675 g/mol. The number of aliphatic hydroxyl groups is 1. The van der Waals surface area contributed by atoms with Crippen molar-refractivity contribution in [2.24, 2.45) is 20.5 Å². The van der Waals surface area contributed by atoms with Gasteiger partial charge in [0.25, 0.3) is 20.2 Å². The van der Waals surface area contributed by atoms with Crippen molar-refractivity contribution in [3.05, 3.63) is 88.8 Å². The summed E-state index contributed by atoms with van der Waals surface area (Å²) in [4.78, 5) is 1.41. The van der Waals surface area contributed by atoms with E-state index in [1.165, 1.54) is 44.6 Å². The molecule has 0 saturated carbocycles. The van der Waals surface area contributed by atoms with Crippen molar-refractivity contribution < 1.29 is 40.5 Å². The number of rotatable bonds is 13. The number of anilines is 1. The van der Waals surface area contributed by atoms with Crippen LogP contribution in [0.15, 0.2) is 114 Å². The fourth-order valence-corrected chi connectivity index (χ4v) is 5.77. The standard InChI is InChI=1S/C29H34N6O9S2/c1-35(26-13-11-22(17-28(26)44-3)34-32-20-7-5-9-24(15-20)46(40,41)42)18-29(36)30-25-12-10-21(16-27(25)43-2)33-31-19-6-4-8-23(14-19)45(37,38)39/h4,6-8,10-16,22,29-30,36H,5,9,17-18H2,1-3H3,(H,37,38,39)(H,40,41,42). The lowest BCUT2D eigenvalue weighted by Crippen LogP contribution is -2.35. The SMILES string of the molecule is COC1=C(N(C)CC(O)Nc2ccc(N=Nc3cccc(S(=O)(=O)O)c3)cc2OC)C=CC(N=NC2=CCCC(S(=O)(=O)O)=C2)C1. The minimum Gasteiger partial charge on any atom is -0.499 e. The van der Waals surface area contributed by atoms with E-state index in [9.17, 15) is 31.0 Å². The van der Waals surface area contributed by atoms with Crippen molar-refractivity contribution in [2.75, 3.05) is 33.1 Å². The number of ether oxygens (including phenoxy) is 2. The van der Waals surface area contributed by atoms with Gasteiger partial charge in [-0.3, -0.25) is 9.11 Å². The van der Waals surface area contributed by atoms with Gasteiger partial charge in [-0.2, -0.15) is 37.3 Å². The van der Waals surface area contributed by atoms with Crippen LogP contribution in [-0.2, 0) is 25.0 Å². The van der Waals surface area contributed by atoms with Crippen LogP contribution in [0.25, 0.3) is 0 Å². The van der Waals surface area contributed by atoms with E-state index in [2.05, 4.69) is 25.8 Å². The molecule has 4 N–H and O–H groups in total. The molecule has 0 saturated heterocycles. The van der Waals surface area contributed by atoms with Crippen molar-refractivity contribution in [1.82, 2.24) is 4.90 Å². The van der Waals surface area contributed by atoms with Crippen LogP contribution in [0.3, 0.4) is 0 Å². The number of azo groups is 2. The van der Waals surface area contributed by atoms with Crippen molar-refractivity contribution in [3.8, 4) is 5.75 Å². The van der Waals surface area contributed by atoms with Crippen molar-refractivity contribution in [2.45, 2.75) is 36.4 Å². The number of nitrogens with zero attached hydrogens (tertiary/aromatic N) is 5. The lowest BCUT2D eigenvalue weighted by atomic mass is 10.0. The molecule has 246 valence electrons. The van der Waals surface area contributed by atoms with Gasteiger partial charge in [0, 0.05) is 19.5 Å².